The normalized spacial score (nSPS) is 17.3. The van der Waals surface area contributed by atoms with Crippen LogP contribution in [0.2, 0.25) is 0 Å². The van der Waals surface area contributed by atoms with Gasteiger partial charge in [0.15, 0.2) is 0 Å². The largest absolute Gasteiger partial charge is 0.493 e. The maximum Gasteiger partial charge on any atom is 0.297 e. The molecule has 0 radical (unpaired) electrons. The van der Waals surface area contributed by atoms with Gasteiger partial charge in [0, 0.05) is 39.5 Å². The third kappa shape index (κ3) is 7.25. The van der Waals surface area contributed by atoms with E-state index in [9.17, 15) is 0 Å². The molecule has 1 aliphatic carbocycles. The number of aryl methyl sites for hydroxylation is 3. The molecule has 6 aromatic carbocycles. The lowest BCUT2D eigenvalue weighted by Gasteiger charge is -2.44. The van der Waals surface area contributed by atoms with Gasteiger partial charge in [-0.3, -0.25) is 0 Å². The molecule has 2 unspecified atom stereocenters. The van der Waals surface area contributed by atoms with E-state index in [0.717, 1.165) is 22.3 Å². The Morgan fingerprint density at radius 3 is 1.84 bits per heavy atom. The first-order chi connectivity index (χ1) is 32.7. The Labute approximate surface area is 411 Å². The van der Waals surface area contributed by atoms with Gasteiger partial charge < -0.3 is 19.0 Å². The summed E-state index contributed by atoms with van der Waals surface area (Å²) in [5.41, 5.74) is 25.2. The zero-order valence-corrected chi connectivity index (χ0v) is 43.2. The van der Waals surface area contributed by atoms with E-state index < -0.39 is 0 Å². The minimum Gasteiger partial charge on any atom is -0.493 e. The molecule has 4 aliphatic rings. The van der Waals surface area contributed by atoms with E-state index in [-0.39, 0.29) is 40.9 Å². The van der Waals surface area contributed by atoms with E-state index in [1.54, 1.807) is 0 Å². The van der Waals surface area contributed by atoms with Gasteiger partial charge in [-0.05, 0) is 146 Å². The van der Waals surface area contributed by atoms with E-state index in [1.807, 2.05) is 6.26 Å². The first-order valence-electron chi connectivity index (χ1n) is 25.2. The van der Waals surface area contributed by atoms with Gasteiger partial charge in [-0.1, -0.05) is 161 Å². The molecule has 0 amide bonds. The first kappa shape index (κ1) is 45.0. The predicted molar refractivity (Wildman–Crippen MR) is 295 cm³/mol. The lowest BCUT2D eigenvalue weighted by Crippen LogP contribution is -2.61. The van der Waals surface area contributed by atoms with Crippen LogP contribution < -0.4 is 26.4 Å². The monoisotopic (exact) mass is 907 g/mol. The van der Waals surface area contributed by atoms with Crippen LogP contribution in [0.4, 0.5) is 34.1 Å². The fourth-order valence-corrected chi connectivity index (χ4v) is 11.5. The molecule has 11 rings (SSSR count). The van der Waals surface area contributed by atoms with Crippen molar-refractivity contribution in [2.75, 3.05) is 9.80 Å². The highest BCUT2D eigenvalue weighted by Gasteiger charge is 2.48. The highest BCUT2D eigenvalue weighted by Crippen LogP contribution is 2.53. The van der Waals surface area contributed by atoms with Crippen molar-refractivity contribution in [2.45, 2.75) is 125 Å². The molecule has 0 bridgehead atoms. The van der Waals surface area contributed by atoms with Crippen molar-refractivity contribution in [3.05, 3.63) is 178 Å². The summed E-state index contributed by atoms with van der Waals surface area (Å²) < 4.78 is 13.9. The molecule has 0 saturated carbocycles. The van der Waals surface area contributed by atoms with Gasteiger partial charge in [0.25, 0.3) is 6.71 Å². The summed E-state index contributed by atoms with van der Waals surface area (Å²) >= 11 is 0. The Morgan fingerprint density at radius 2 is 1.19 bits per heavy atom. The summed E-state index contributed by atoms with van der Waals surface area (Å²) in [5, 5.41) is 1.15. The molecule has 4 nitrogen and oxygen atoms in total. The third-order valence-corrected chi connectivity index (χ3v) is 15.4. The number of benzene rings is 6. The quantitative estimate of drug-likeness (QED) is 0.161. The van der Waals surface area contributed by atoms with Crippen LogP contribution in [-0.4, -0.2) is 12.8 Å². The molecule has 0 fully saturated rings. The number of rotatable bonds is 5. The second kappa shape index (κ2) is 15.8. The zero-order chi connectivity index (χ0) is 48.6. The van der Waals surface area contributed by atoms with Crippen molar-refractivity contribution in [1.82, 2.24) is 0 Å². The Morgan fingerprint density at radius 1 is 0.565 bits per heavy atom. The number of furan rings is 1. The molecular weight excluding hydrogens is 840 g/mol. The van der Waals surface area contributed by atoms with Crippen LogP contribution in [0.1, 0.15) is 127 Å². The van der Waals surface area contributed by atoms with E-state index in [4.69, 9.17) is 9.15 Å². The van der Waals surface area contributed by atoms with Gasteiger partial charge in [0.2, 0.25) is 0 Å². The van der Waals surface area contributed by atoms with Gasteiger partial charge >= 0.3 is 0 Å². The van der Waals surface area contributed by atoms with Crippen molar-refractivity contribution in [1.29, 1.82) is 0 Å². The van der Waals surface area contributed by atoms with Crippen molar-refractivity contribution in [3.8, 4) is 11.1 Å². The molecule has 348 valence electrons. The fourth-order valence-electron chi connectivity index (χ4n) is 11.5. The predicted octanol–water partition coefficient (Wildman–Crippen LogP) is 15.6. The average Bonchev–Trinajstić information content (AvgIpc) is 3.90. The number of hydrogen-bond acceptors (Lipinski definition) is 4. The molecule has 0 N–H and O–H groups in total. The maximum atomic E-state index is 7.49. The van der Waals surface area contributed by atoms with Crippen molar-refractivity contribution in [3.63, 3.8) is 0 Å². The highest BCUT2D eigenvalue weighted by molar-refractivity contribution is 7.00. The van der Waals surface area contributed by atoms with Gasteiger partial charge in [-0.2, -0.15) is 0 Å². The molecule has 3 aliphatic heterocycles. The number of hydrogen-bond donors (Lipinski definition) is 0. The number of anilines is 6. The number of nitrogens with zero attached hydrogens (tertiary/aromatic N) is 2. The summed E-state index contributed by atoms with van der Waals surface area (Å²) in [5.74, 6) is 0.401. The smallest absolute Gasteiger partial charge is 0.297 e. The summed E-state index contributed by atoms with van der Waals surface area (Å²) in [7, 11) is 0. The van der Waals surface area contributed by atoms with E-state index in [1.165, 1.54) is 101 Å². The summed E-state index contributed by atoms with van der Waals surface area (Å²) in [4.78, 5) is 5.24. The van der Waals surface area contributed by atoms with Crippen LogP contribution in [-0.2, 0) is 21.0 Å². The van der Waals surface area contributed by atoms with Crippen LogP contribution in [0.15, 0.2) is 138 Å². The van der Waals surface area contributed by atoms with Crippen molar-refractivity contribution in [2.24, 2.45) is 5.92 Å². The fraction of sp³-hybridized carbons (Fsp3) is 0.312. The minimum absolute atomic E-state index is 0.00453. The van der Waals surface area contributed by atoms with E-state index >= 15 is 0 Å². The standard InChI is InChI=1S/C64H67BN2O2/c1-37(2)43-32-53-57-54(33-43)67(58-38(3)28-45(29-39(58)4)63(9,10)11)60-49-34-44(62(6,7)8)25-27-56(49)69-61(60)65(57)51-31-42(50-36-68-55-23-19-18-22-47(50)55)24-26-52(51)66(53)59-40(5)30-46(64(12,13)14)35-48(59)41-20-16-15-17-21-41/h15-37,47,55H,1-14H3. The second-order valence-corrected chi connectivity index (χ2v) is 23.8. The molecule has 5 heteroatoms. The van der Waals surface area contributed by atoms with E-state index in [0.29, 0.717) is 0 Å². The maximum absolute atomic E-state index is 7.49. The molecule has 4 heterocycles. The molecule has 0 saturated heterocycles. The van der Waals surface area contributed by atoms with Crippen LogP contribution in [0.3, 0.4) is 0 Å². The highest BCUT2D eigenvalue weighted by atomic mass is 16.5. The Balaban J connectivity index is 1.29. The summed E-state index contributed by atoms with van der Waals surface area (Å²) in [6, 6.07) is 39.9. The van der Waals surface area contributed by atoms with Crippen molar-refractivity contribution >= 4 is 74.0 Å². The molecule has 7 aromatic rings. The molecule has 69 heavy (non-hydrogen) atoms. The van der Waals surface area contributed by atoms with Crippen LogP contribution in [0, 0.1) is 26.7 Å². The Kier molecular flexibility index (Phi) is 10.3. The van der Waals surface area contributed by atoms with Crippen LogP contribution >= 0.6 is 0 Å². The zero-order valence-electron chi connectivity index (χ0n) is 43.2. The molecular formula is C64H67BN2O2. The van der Waals surface area contributed by atoms with E-state index in [2.05, 4.69) is 234 Å². The number of allylic oxidation sites excluding steroid dienone is 2. The molecule has 0 spiro atoms. The Bertz CT molecular complexity index is 3320. The Hall–Kier alpha value is -6.46. The second-order valence-electron chi connectivity index (χ2n) is 23.8. The third-order valence-electron chi connectivity index (χ3n) is 15.4. The van der Waals surface area contributed by atoms with Gasteiger partial charge in [-0.25, -0.2) is 0 Å². The van der Waals surface area contributed by atoms with Gasteiger partial charge in [0.05, 0.1) is 29.0 Å². The average molecular weight is 907 g/mol. The van der Waals surface area contributed by atoms with Crippen LogP contribution in [0.25, 0.3) is 27.7 Å². The molecule has 2 atom stereocenters. The van der Waals surface area contributed by atoms with Crippen molar-refractivity contribution < 1.29 is 9.15 Å². The molecule has 1 aromatic heterocycles. The summed E-state index contributed by atoms with van der Waals surface area (Å²) in [6.45, 7) is 32.3. The van der Waals surface area contributed by atoms with Crippen LogP contribution in [0.5, 0.6) is 0 Å². The lowest BCUT2D eigenvalue weighted by molar-refractivity contribution is 0.192. The minimum atomic E-state index is -0.205. The summed E-state index contributed by atoms with van der Waals surface area (Å²) in [6.07, 6.45) is 10.7. The number of fused-ring (bicyclic) bond motifs is 7. The van der Waals surface area contributed by atoms with Gasteiger partial charge in [0.1, 0.15) is 11.7 Å². The lowest BCUT2D eigenvalue weighted by atomic mass is 9.35. The first-order valence-corrected chi connectivity index (χ1v) is 25.2. The van der Waals surface area contributed by atoms with Gasteiger partial charge in [-0.15, -0.1) is 0 Å². The topological polar surface area (TPSA) is 28.9 Å². The number of ether oxygens (including phenoxy) is 1. The SMILES string of the molecule is Cc1cc(C(C)(C)C)cc(C)c1N1c2cc(C(C)C)cc3c2B(c2cc(C4=COC5C=CC=CC45)ccc2N3c2c(C)cc(C(C)(C)C)cc2-c2ccccc2)c2oc3ccc(C(C)(C)C)cc3c21.